The number of nitrogens with one attached hydrogen (secondary N) is 2. The third kappa shape index (κ3) is 5.94. The zero-order valence-corrected chi connectivity index (χ0v) is 22.0. The van der Waals surface area contributed by atoms with Gasteiger partial charge in [0.2, 0.25) is 0 Å². The van der Waals surface area contributed by atoms with E-state index in [9.17, 15) is 4.79 Å². The number of pyridine rings is 1. The summed E-state index contributed by atoms with van der Waals surface area (Å²) in [4.78, 5) is 41.2. The maximum absolute atomic E-state index is 12.4. The summed E-state index contributed by atoms with van der Waals surface area (Å²) in [5.74, 6) is 0.0540. The largest absolute Gasteiger partial charge is 0.483 e. The molecule has 13 heteroatoms. The predicted molar refractivity (Wildman–Crippen MR) is 147 cm³/mol. The minimum Gasteiger partial charge on any atom is -0.483 e. The zero-order chi connectivity index (χ0) is 27.9. The predicted octanol–water partition coefficient (Wildman–Crippen LogP) is 2.40. The Labute approximate surface area is 225 Å². The number of hydrogen-bond donors (Lipinski definition) is 4. The molecule has 0 bridgehead atoms. The van der Waals surface area contributed by atoms with Crippen LogP contribution in [0.2, 0.25) is 0 Å². The van der Waals surface area contributed by atoms with E-state index in [1.807, 2.05) is 23.7 Å². The number of aromatic nitrogens is 5. The number of hydrogen-bond acceptors (Lipinski definition) is 10. The second-order valence-electron chi connectivity index (χ2n) is 8.82. The van der Waals surface area contributed by atoms with Gasteiger partial charge < -0.3 is 30.8 Å². The number of fused-ring (bicyclic) bond motifs is 1. The van der Waals surface area contributed by atoms with Gasteiger partial charge in [-0.15, -0.1) is 0 Å². The number of amides is 1. The lowest BCUT2D eigenvalue weighted by molar-refractivity contribution is -0.122. The maximum atomic E-state index is 12.4. The third-order valence-corrected chi connectivity index (χ3v) is 6.51. The molecule has 204 valence electrons. The average Bonchev–Trinajstić information content (AvgIpc) is 3.34. The molecule has 0 aliphatic carbocycles. The summed E-state index contributed by atoms with van der Waals surface area (Å²) in [6.07, 6.45) is 5.09. The number of aryl methyl sites for hydroxylation is 1. The second-order valence-corrected chi connectivity index (χ2v) is 8.82. The molecule has 1 fully saturated rings. The summed E-state index contributed by atoms with van der Waals surface area (Å²) in [6, 6.07) is 8.34. The first kappa shape index (κ1) is 27.4. The van der Waals surface area contributed by atoms with Crippen LogP contribution in [0.25, 0.3) is 22.3 Å². The second kappa shape index (κ2) is 12.3. The lowest BCUT2D eigenvalue weighted by Crippen LogP contribution is -2.37. The number of carbonyl (C=O) groups is 2. The molecule has 1 unspecified atom stereocenters. The molecule has 4 aromatic rings. The van der Waals surface area contributed by atoms with Crippen LogP contribution in [0.15, 0.2) is 43.0 Å². The Bertz CT molecular complexity index is 1450. The highest BCUT2D eigenvalue weighted by atomic mass is 16.5. The van der Waals surface area contributed by atoms with Gasteiger partial charge in [-0.25, -0.2) is 15.0 Å². The first-order chi connectivity index (χ1) is 18.9. The van der Waals surface area contributed by atoms with E-state index < -0.39 is 5.91 Å². The van der Waals surface area contributed by atoms with Crippen molar-refractivity contribution < 1.29 is 19.4 Å². The van der Waals surface area contributed by atoms with Crippen LogP contribution in [0.3, 0.4) is 0 Å². The van der Waals surface area contributed by atoms with Gasteiger partial charge in [0.25, 0.3) is 12.4 Å². The van der Waals surface area contributed by atoms with Gasteiger partial charge in [-0.05, 0) is 24.6 Å². The lowest BCUT2D eigenvalue weighted by Gasteiger charge is -2.32. The number of anilines is 3. The third-order valence-electron chi connectivity index (χ3n) is 6.51. The molecule has 0 saturated carbocycles. The molecule has 0 spiro atoms. The molecule has 3 aromatic heterocycles. The Kier molecular flexibility index (Phi) is 8.63. The lowest BCUT2D eigenvalue weighted by atomic mass is 10.1. The average molecular weight is 534 g/mol. The number of rotatable bonds is 7. The minimum absolute atomic E-state index is 0.0303. The fraction of sp³-hybridized carbons (Fsp3) is 0.308. The number of primary amides is 1. The molecule has 1 atom stereocenters. The molecule has 5 rings (SSSR count). The molecule has 1 aliphatic heterocycles. The summed E-state index contributed by atoms with van der Waals surface area (Å²) < 4.78 is 7.33. The number of carbonyl (C=O) groups excluding carboxylic acids is 1. The molecule has 1 saturated heterocycles. The fourth-order valence-corrected chi connectivity index (χ4v) is 4.43. The van der Waals surface area contributed by atoms with Crippen molar-refractivity contribution in [2.24, 2.45) is 12.8 Å². The van der Waals surface area contributed by atoms with Crippen LogP contribution in [-0.4, -0.2) is 80.2 Å². The van der Waals surface area contributed by atoms with Crippen molar-refractivity contribution in [1.82, 2.24) is 29.4 Å². The van der Waals surface area contributed by atoms with Crippen molar-refractivity contribution in [3.8, 4) is 11.3 Å². The van der Waals surface area contributed by atoms with E-state index in [0.717, 1.165) is 37.5 Å². The molecular weight excluding hydrogens is 502 g/mol. The fourth-order valence-electron chi connectivity index (χ4n) is 4.43. The van der Waals surface area contributed by atoms with E-state index in [0.29, 0.717) is 22.6 Å². The van der Waals surface area contributed by atoms with E-state index in [1.54, 1.807) is 25.8 Å². The van der Waals surface area contributed by atoms with Crippen LogP contribution in [0.4, 0.5) is 17.3 Å². The molecule has 5 N–H and O–H groups in total. The quantitative estimate of drug-likeness (QED) is 0.257. The van der Waals surface area contributed by atoms with Gasteiger partial charge in [-0.3, -0.25) is 19.5 Å². The summed E-state index contributed by atoms with van der Waals surface area (Å²) in [5, 5.41) is 13.2. The van der Waals surface area contributed by atoms with Gasteiger partial charge in [-0.1, -0.05) is 12.1 Å². The number of carboxylic acid groups (broad SMARTS) is 1. The van der Waals surface area contributed by atoms with Crippen molar-refractivity contribution in [2.75, 3.05) is 44.0 Å². The highest BCUT2D eigenvalue weighted by molar-refractivity contribution is 5.99. The molecule has 4 heterocycles. The number of nitrogens with zero attached hydrogens (tertiary/aromatic N) is 6. The zero-order valence-electron chi connectivity index (χ0n) is 22.0. The number of ether oxygens (including phenoxy) is 1. The van der Waals surface area contributed by atoms with Crippen molar-refractivity contribution in [3.05, 3.63) is 54.2 Å². The van der Waals surface area contributed by atoms with Gasteiger partial charge in [0.05, 0.1) is 36.8 Å². The molecule has 1 aromatic carbocycles. The van der Waals surface area contributed by atoms with Crippen LogP contribution in [0.5, 0.6) is 0 Å². The first-order valence-corrected chi connectivity index (χ1v) is 12.3. The number of nitrogens with two attached hydrogens (primary N) is 1. The highest BCUT2D eigenvalue weighted by Crippen LogP contribution is 2.32. The number of imidazole rings is 1. The van der Waals surface area contributed by atoms with Crippen LogP contribution in [0, 0.1) is 0 Å². The van der Waals surface area contributed by atoms with E-state index in [2.05, 4.69) is 54.5 Å². The van der Waals surface area contributed by atoms with E-state index in [4.69, 9.17) is 20.4 Å². The normalized spacial score (nSPS) is 14.2. The van der Waals surface area contributed by atoms with Gasteiger partial charge in [-0.2, -0.15) is 0 Å². The summed E-state index contributed by atoms with van der Waals surface area (Å²) in [6.45, 7) is 5.29. The van der Waals surface area contributed by atoms with Crippen LogP contribution < -0.4 is 16.4 Å². The smallest absolute Gasteiger partial charge is 0.290 e. The van der Waals surface area contributed by atoms with Crippen LogP contribution >= 0.6 is 0 Å². The molecule has 1 amide bonds. The molecule has 0 radical (unpaired) electrons. The van der Waals surface area contributed by atoms with Gasteiger partial charge in [0, 0.05) is 45.1 Å². The van der Waals surface area contributed by atoms with E-state index in [1.165, 1.54) is 5.56 Å². The van der Waals surface area contributed by atoms with Crippen molar-refractivity contribution in [1.29, 1.82) is 0 Å². The molecule has 1 aliphatic rings. The van der Waals surface area contributed by atoms with Crippen molar-refractivity contribution >= 4 is 40.7 Å². The number of morpholine rings is 1. The van der Waals surface area contributed by atoms with Gasteiger partial charge >= 0.3 is 0 Å². The van der Waals surface area contributed by atoms with Crippen LogP contribution in [-0.2, 0) is 16.6 Å². The SMILES string of the molecule is CNc1nc(Nc2ccc(C(C)N3CCOCC3)cc2)c(C(N)=O)nc1-c1cncc2c1ncn2C.O=CO. The summed E-state index contributed by atoms with van der Waals surface area (Å²) in [7, 11) is 3.63. The monoisotopic (exact) mass is 533 g/mol. The van der Waals surface area contributed by atoms with Crippen LogP contribution in [0.1, 0.15) is 29.0 Å². The Morgan fingerprint density at radius 2 is 1.85 bits per heavy atom. The summed E-state index contributed by atoms with van der Waals surface area (Å²) in [5.41, 5.74) is 10.4. The first-order valence-electron chi connectivity index (χ1n) is 12.3. The van der Waals surface area contributed by atoms with E-state index in [-0.39, 0.29) is 24.0 Å². The van der Waals surface area contributed by atoms with Crippen molar-refractivity contribution in [2.45, 2.75) is 13.0 Å². The number of benzene rings is 1. The standard InChI is InChI=1S/C25H29N9O2.CH2O2/c1-15(34-8-10-36-11-9-34)16-4-6-17(7-5-16)30-25-22(23(26)35)31-21(24(27-2)32-25)18-12-28-13-19-20(18)29-14-33(19)3;2-1-3/h4-7,12-15H,8-11H2,1-3H3,(H2,26,35)(H2,27,30,32);1H,(H,2,3). The Morgan fingerprint density at radius 1 is 1.15 bits per heavy atom. The Morgan fingerprint density at radius 3 is 2.49 bits per heavy atom. The molecule has 13 nitrogen and oxygen atoms in total. The summed E-state index contributed by atoms with van der Waals surface area (Å²) >= 11 is 0. The Balaban J connectivity index is 0.00000112. The Hall–Kier alpha value is -4.62. The minimum atomic E-state index is -0.687. The van der Waals surface area contributed by atoms with Crippen molar-refractivity contribution in [3.63, 3.8) is 0 Å². The highest BCUT2D eigenvalue weighted by Gasteiger charge is 2.22. The van der Waals surface area contributed by atoms with Gasteiger partial charge in [0.1, 0.15) is 11.2 Å². The maximum Gasteiger partial charge on any atom is 0.290 e. The van der Waals surface area contributed by atoms with E-state index >= 15 is 0 Å². The topological polar surface area (TPSA) is 173 Å². The van der Waals surface area contributed by atoms with Gasteiger partial charge in [0.15, 0.2) is 17.3 Å². The molecule has 39 heavy (non-hydrogen) atoms. The molecular formula is C26H31N9O4.